The summed E-state index contributed by atoms with van der Waals surface area (Å²) < 4.78 is 11.6. The van der Waals surface area contributed by atoms with Gasteiger partial charge in [-0.1, -0.05) is 67.9 Å². The van der Waals surface area contributed by atoms with Crippen LogP contribution in [0.2, 0.25) is 10.0 Å². The van der Waals surface area contributed by atoms with Crippen LogP contribution in [-0.4, -0.2) is 36.2 Å². The highest BCUT2D eigenvalue weighted by Gasteiger charge is 2.21. The molecule has 0 radical (unpaired) electrons. The van der Waals surface area contributed by atoms with Crippen molar-refractivity contribution in [2.24, 2.45) is 0 Å². The molecular formula is C29H32Cl2N2O5S. The molecule has 2 N–H and O–H groups in total. The number of unbranched alkanes of at least 4 members (excludes halogenated alkanes) is 3. The third-order valence-electron chi connectivity index (χ3n) is 6.24. The molecule has 3 rings (SSSR count). The van der Waals surface area contributed by atoms with Crippen molar-refractivity contribution in [1.29, 1.82) is 0 Å². The second-order valence-corrected chi connectivity index (χ2v) is 10.7. The Bertz CT molecular complexity index is 1330. The summed E-state index contributed by atoms with van der Waals surface area (Å²) in [5, 5.41) is 14.5. The molecule has 0 saturated carbocycles. The Balaban J connectivity index is 1.82. The Kier molecular flexibility index (Phi) is 11.4. The number of halogens is 2. The number of para-hydroxylation sites is 1. The van der Waals surface area contributed by atoms with Crippen LogP contribution in [0.15, 0.2) is 41.3 Å². The van der Waals surface area contributed by atoms with Crippen molar-refractivity contribution in [2.75, 3.05) is 19.5 Å². The summed E-state index contributed by atoms with van der Waals surface area (Å²) in [5.74, 6) is -0.838. The van der Waals surface area contributed by atoms with Gasteiger partial charge in [-0.2, -0.15) is 0 Å². The van der Waals surface area contributed by atoms with Gasteiger partial charge in [0.15, 0.2) is 5.13 Å². The highest BCUT2D eigenvalue weighted by atomic mass is 35.5. The lowest BCUT2D eigenvalue weighted by Crippen LogP contribution is -2.12. The molecule has 7 nitrogen and oxygen atoms in total. The van der Waals surface area contributed by atoms with E-state index in [2.05, 4.69) is 17.2 Å². The molecule has 10 heteroatoms. The van der Waals surface area contributed by atoms with Crippen molar-refractivity contribution >= 4 is 57.6 Å². The lowest BCUT2D eigenvalue weighted by atomic mass is 9.98. The third-order valence-corrected chi connectivity index (χ3v) is 7.62. The van der Waals surface area contributed by atoms with Crippen molar-refractivity contribution in [3.63, 3.8) is 0 Å². The number of hydrogen-bond donors (Lipinski definition) is 2. The fourth-order valence-electron chi connectivity index (χ4n) is 4.15. The Labute approximate surface area is 242 Å². The maximum atomic E-state index is 12.9. The molecule has 208 valence electrons. The molecule has 0 spiro atoms. The largest absolute Gasteiger partial charge is 0.496 e. The van der Waals surface area contributed by atoms with Crippen LogP contribution in [-0.2, 0) is 9.53 Å². The lowest BCUT2D eigenvalue weighted by molar-refractivity contribution is -0.132. The standard InChI is InChI=1S/C29H32Cl2N2O5S/c1-5-6-7-8-12-25(37-3)20-11-9-10-19(26(20)38-4)24-16-39-29(32-24)33-27(34)18-14-22(30)21(23(31)15-18)13-17(2)28(35)36/h9-11,13-16,25H,5-8,12H2,1-4H3,(H,35,36)(H,32,33,34)/b17-13+/t25-/m1/s1. The van der Waals surface area contributed by atoms with Gasteiger partial charge in [0.05, 0.1) is 29.0 Å². The first-order chi connectivity index (χ1) is 18.7. The van der Waals surface area contributed by atoms with Gasteiger partial charge in [-0.15, -0.1) is 11.3 Å². The summed E-state index contributed by atoms with van der Waals surface area (Å²) in [6, 6.07) is 8.77. The van der Waals surface area contributed by atoms with Crippen LogP contribution in [0.5, 0.6) is 5.75 Å². The quantitative estimate of drug-likeness (QED) is 0.153. The Morgan fingerprint density at radius 1 is 1.15 bits per heavy atom. The van der Waals surface area contributed by atoms with E-state index in [9.17, 15) is 9.59 Å². The number of benzene rings is 2. The van der Waals surface area contributed by atoms with Gasteiger partial charge >= 0.3 is 5.97 Å². The maximum Gasteiger partial charge on any atom is 0.331 e. The van der Waals surface area contributed by atoms with Crippen LogP contribution in [0.1, 0.15) is 73.5 Å². The fraction of sp³-hybridized carbons (Fsp3) is 0.345. The van der Waals surface area contributed by atoms with Crippen molar-refractivity contribution in [1.82, 2.24) is 4.98 Å². The summed E-state index contributed by atoms with van der Waals surface area (Å²) in [6.45, 7) is 3.62. The minimum Gasteiger partial charge on any atom is -0.496 e. The first-order valence-electron chi connectivity index (χ1n) is 12.6. The summed E-state index contributed by atoms with van der Waals surface area (Å²) in [5.41, 5.74) is 3.05. The zero-order chi connectivity index (χ0) is 28.5. The van der Waals surface area contributed by atoms with E-state index in [0.29, 0.717) is 22.1 Å². The molecule has 0 fully saturated rings. The molecule has 2 aromatic carbocycles. The molecule has 0 aliphatic carbocycles. The van der Waals surface area contributed by atoms with E-state index in [1.807, 2.05) is 23.6 Å². The lowest BCUT2D eigenvalue weighted by Gasteiger charge is -2.20. The van der Waals surface area contributed by atoms with Crippen LogP contribution in [0.3, 0.4) is 0 Å². The van der Waals surface area contributed by atoms with Gasteiger partial charge in [-0.3, -0.25) is 10.1 Å². The summed E-state index contributed by atoms with van der Waals surface area (Å²) >= 11 is 13.9. The molecule has 1 amide bonds. The zero-order valence-corrected chi connectivity index (χ0v) is 24.7. The number of thiazole rings is 1. The number of carbonyl (C=O) groups is 2. The minimum atomic E-state index is -1.09. The number of hydrogen-bond acceptors (Lipinski definition) is 6. The predicted molar refractivity (Wildman–Crippen MR) is 158 cm³/mol. The number of rotatable bonds is 13. The molecule has 0 bridgehead atoms. The molecule has 0 unspecified atom stereocenters. The molecule has 1 atom stereocenters. The summed E-state index contributed by atoms with van der Waals surface area (Å²) in [4.78, 5) is 28.7. The number of amides is 1. The molecule has 1 heterocycles. The van der Waals surface area contributed by atoms with Gasteiger partial charge in [0.1, 0.15) is 5.75 Å². The Morgan fingerprint density at radius 3 is 2.49 bits per heavy atom. The number of anilines is 1. The van der Waals surface area contributed by atoms with Gasteiger partial charge in [0, 0.05) is 40.3 Å². The van der Waals surface area contributed by atoms with E-state index in [-0.39, 0.29) is 27.3 Å². The first-order valence-corrected chi connectivity index (χ1v) is 14.2. The highest BCUT2D eigenvalue weighted by molar-refractivity contribution is 7.14. The van der Waals surface area contributed by atoms with Gasteiger partial charge in [-0.25, -0.2) is 9.78 Å². The number of methoxy groups -OCH3 is 2. The molecule has 0 saturated heterocycles. The maximum absolute atomic E-state index is 12.9. The van der Waals surface area contributed by atoms with E-state index in [1.165, 1.54) is 49.3 Å². The van der Waals surface area contributed by atoms with Gasteiger partial charge in [0.2, 0.25) is 0 Å². The average Bonchev–Trinajstić information content (AvgIpc) is 3.38. The van der Waals surface area contributed by atoms with E-state index in [4.69, 9.17) is 37.8 Å². The summed E-state index contributed by atoms with van der Waals surface area (Å²) in [7, 11) is 3.34. The second-order valence-electron chi connectivity index (χ2n) is 8.98. The third kappa shape index (κ3) is 7.82. The van der Waals surface area contributed by atoms with Crippen LogP contribution in [0, 0.1) is 0 Å². The Morgan fingerprint density at radius 2 is 1.87 bits per heavy atom. The molecule has 0 aliphatic heterocycles. The van der Waals surface area contributed by atoms with Crippen LogP contribution in [0.25, 0.3) is 17.3 Å². The van der Waals surface area contributed by atoms with Crippen LogP contribution < -0.4 is 10.1 Å². The molecule has 1 aromatic heterocycles. The first kappa shape index (κ1) is 30.6. The van der Waals surface area contributed by atoms with E-state index in [0.717, 1.165) is 30.4 Å². The number of nitrogens with zero attached hydrogens (tertiary/aromatic N) is 1. The highest BCUT2D eigenvalue weighted by Crippen LogP contribution is 2.40. The second kappa shape index (κ2) is 14.5. The SMILES string of the molecule is CCCCCC[C@@H](OC)c1cccc(-c2csc(NC(=O)c3cc(Cl)c(/C=C(\C)C(=O)O)c(Cl)c3)n2)c1OC. The molecule has 3 aromatic rings. The fourth-order valence-corrected chi connectivity index (χ4v) is 5.45. The number of aromatic nitrogens is 1. The zero-order valence-electron chi connectivity index (χ0n) is 22.3. The normalized spacial score (nSPS) is 12.3. The van der Waals surface area contributed by atoms with Crippen molar-refractivity contribution in [3.8, 4) is 17.0 Å². The van der Waals surface area contributed by atoms with Crippen molar-refractivity contribution in [3.05, 3.63) is 68.0 Å². The number of ether oxygens (including phenoxy) is 2. The smallest absolute Gasteiger partial charge is 0.331 e. The van der Waals surface area contributed by atoms with Crippen molar-refractivity contribution < 1.29 is 24.2 Å². The van der Waals surface area contributed by atoms with Gasteiger partial charge < -0.3 is 14.6 Å². The molecular weight excluding hydrogens is 559 g/mol. The Hall–Kier alpha value is -2.91. The predicted octanol–water partition coefficient (Wildman–Crippen LogP) is 8.52. The number of nitrogens with one attached hydrogen (secondary N) is 1. The molecule has 39 heavy (non-hydrogen) atoms. The van der Waals surface area contributed by atoms with E-state index in [1.54, 1.807) is 14.2 Å². The van der Waals surface area contributed by atoms with Crippen molar-refractivity contribution in [2.45, 2.75) is 52.1 Å². The van der Waals surface area contributed by atoms with Gasteiger partial charge in [0.25, 0.3) is 5.91 Å². The monoisotopic (exact) mass is 590 g/mol. The number of carboxylic acid groups (broad SMARTS) is 1. The van der Waals surface area contributed by atoms with E-state index < -0.39 is 11.9 Å². The number of carbonyl (C=O) groups excluding carboxylic acids is 1. The molecule has 0 aliphatic rings. The minimum absolute atomic E-state index is 0.0686. The number of carboxylic acids is 1. The topological polar surface area (TPSA) is 97.8 Å². The summed E-state index contributed by atoms with van der Waals surface area (Å²) in [6.07, 6.45) is 6.76. The average molecular weight is 592 g/mol. The number of aliphatic carboxylic acids is 1. The van der Waals surface area contributed by atoms with Crippen LogP contribution in [0.4, 0.5) is 5.13 Å². The van der Waals surface area contributed by atoms with E-state index >= 15 is 0 Å². The van der Waals surface area contributed by atoms with Gasteiger partial charge in [-0.05, 0) is 37.6 Å². The van der Waals surface area contributed by atoms with Crippen LogP contribution >= 0.6 is 34.5 Å².